The van der Waals surface area contributed by atoms with Crippen LogP contribution in [0.4, 0.5) is 11.5 Å². The monoisotopic (exact) mass is 568 g/mol. The van der Waals surface area contributed by atoms with E-state index in [-0.39, 0.29) is 43.1 Å². The minimum absolute atomic E-state index is 0.0729. The third-order valence-corrected chi connectivity index (χ3v) is 7.88. The summed E-state index contributed by atoms with van der Waals surface area (Å²) in [5.74, 6) is -0.193. The highest BCUT2D eigenvalue weighted by Crippen LogP contribution is 2.33. The van der Waals surface area contributed by atoms with Crippen LogP contribution in [-0.2, 0) is 45.1 Å². The molecule has 1 aromatic heterocycles. The second-order valence-corrected chi connectivity index (χ2v) is 11.3. The van der Waals surface area contributed by atoms with Crippen LogP contribution in [0, 0.1) is 5.41 Å². The maximum atomic E-state index is 13.8. The number of pyridine rings is 1. The van der Waals surface area contributed by atoms with Gasteiger partial charge >= 0.3 is 0 Å². The Kier molecular flexibility index (Phi) is 8.35. The van der Waals surface area contributed by atoms with Crippen molar-refractivity contribution in [3.05, 3.63) is 88.6 Å². The number of hydrogen-bond donors (Lipinski definition) is 3. The number of nitrogens with zero attached hydrogens (tertiary/aromatic N) is 3. The SMILES string of the molecule is CNCc1ccccc1CN(CC(=O)Nc1ccc2c(c1)CC(=O)Nc1ncccc1C2)C(=O)C1(C)CN(C(C)=O)C1. The number of hydrogen-bond acceptors (Lipinski definition) is 6. The lowest BCUT2D eigenvalue weighted by Crippen LogP contribution is -2.63. The van der Waals surface area contributed by atoms with Gasteiger partial charge in [0.2, 0.25) is 23.6 Å². The number of fused-ring (bicyclic) bond motifs is 2. The number of amides is 4. The first-order valence-corrected chi connectivity index (χ1v) is 14.1. The number of carbonyl (C=O) groups is 4. The molecule has 2 aliphatic heterocycles. The number of nitrogens with one attached hydrogen (secondary N) is 3. The first-order valence-electron chi connectivity index (χ1n) is 14.1. The van der Waals surface area contributed by atoms with Gasteiger partial charge in [0, 0.05) is 51.4 Å². The molecule has 2 aliphatic rings. The molecule has 1 saturated heterocycles. The molecule has 3 N–H and O–H groups in total. The molecule has 42 heavy (non-hydrogen) atoms. The molecule has 0 bridgehead atoms. The van der Waals surface area contributed by atoms with E-state index in [1.54, 1.807) is 16.0 Å². The Hall–Kier alpha value is -4.57. The fourth-order valence-electron chi connectivity index (χ4n) is 5.68. The molecule has 4 amide bonds. The number of aromatic nitrogens is 1. The van der Waals surface area contributed by atoms with Crippen LogP contribution in [-0.4, -0.2) is 65.1 Å². The smallest absolute Gasteiger partial charge is 0.244 e. The summed E-state index contributed by atoms with van der Waals surface area (Å²) < 4.78 is 0. The molecule has 0 radical (unpaired) electrons. The summed E-state index contributed by atoms with van der Waals surface area (Å²) in [7, 11) is 1.86. The van der Waals surface area contributed by atoms with Gasteiger partial charge in [-0.1, -0.05) is 36.4 Å². The summed E-state index contributed by atoms with van der Waals surface area (Å²) >= 11 is 0. The molecule has 5 rings (SSSR count). The molecule has 0 unspecified atom stereocenters. The summed E-state index contributed by atoms with van der Waals surface area (Å²) in [5, 5.41) is 8.95. The predicted molar refractivity (Wildman–Crippen MR) is 159 cm³/mol. The Morgan fingerprint density at radius 1 is 1.00 bits per heavy atom. The topological polar surface area (TPSA) is 124 Å². The lowest BCUT2D eigenvalue weighted by molar-refractivity contribution is -0.159. The Bertz CT molecular complexity index is 1530. The summed E-state index contributed by atoms with van der Waals surface area (Å²) in [6.45, 7) is 4.71. The van der Waals surface area contributed by atoms with Crippen LogP contribution in [0.2, 0.25) is 0 Å². The highest BCUT2D eigenvalue weighted by atomic mass is 16.2. The molecule has 0 atom stereocenters. The summed E-state index contributed by atoms with van der Waals surface area (Å²) in [4.78, 5) is 59.2. The van der Waals surface area contributed by atoms with E-state index in [2.05, 4.69) is 20.9 Å². The molecule has 3 heterocycles. The summed E-state index contributed by atoms with van der Waals surface area (Å²) in [5.41, 5.74) is 4.51. The van der Waals surface area contributed by atoms with Crippen molar-refractivity contribution in [1.29, 1.82) is 0 Å². The van der Waals surface area contributed by atoms with Crippen LogP contribution in [0.1, 0.15) is 41.7 Å². The van der Waals surface area contributed by atoms with Gasteiger partial charge in [-0.05, 0) is 60.0 Å². The van der Waals surface area contributed by atoms with E-state index < -0.39 is 5.41 Å². The van der Waals surface area contributed by atoms with Crippen LogP contribution in [0.3, 0.4) is 0 Å². The molecule has 0 saturated carbocycles. The third kappa shape index (κ3) is 6.33. The van der Waals surface area contributed by atoms with Gasteiger partial charge in [0.15, 0.2) is 0 Å². The molecule has 1 fully saturated rings. The fourth-order valence-corrected chi connectivity index (χ4v) is 5.68. The fraction of sp³-hybridized carbons (Fsp3) is 0.344. The zero-order valence-electron chi connectivity index (χ0n) is 24.2. The van der Waals surface area contributed by atoms with Gasteiger partial charge in [0.25, 0.3) is 0 Å². The van der Waals surface area contributed by atoms with Crippen LogP contribution in [0.15, 0.2) is 60.8 Å². The first kappa shape index (κ1) is 28.9. The van der Waals surface area contributed by atoms with Crippen molar-refractivity contribution >= 4 is 35.1 Å². The average Bonchev–Trinajstić information content (AvgIpc) is 2.93. The minimum atomic E-state index is -0.759. The van der Waals surface area contributed by atoms with Gasteiger partial charge < -0.3 is 25.8 Å². The maximum Gasteiger partial charge on any atom is 0.244 e. The molecular formula is C32H36N6O4. The van der Waals surface area contributed by atoms with Crippen LogP contribution in [0.25, 0.3) is 0 Å². The Balaban J connectivity index is 1.35. The number of likely N-dealkylation sites (tertiary alicyclic amines) is 1. The van der Waals surface area contributed by atoms with Crippen molar-refractivity contribution in [1.82, 2.24) is 20.1 Å². The van der Waals surface area contributed by atoms with Gasteiger partial charge in [-0.2, -0.15) is 0 Å². The largest absolute Gasteiger partial charge is 0.341 e. The molecule has 10 nitrogen and oxygen atoms in total. The van der Waals surface area contributed by atoms with Crippen molar-refractivity contribution in [2.75, 3.05) is 37.3 Å². The second-order valence-electron chi connectivity index (χ2n) is 11.3. The van der Waals surface area contributed by atoms with Gasteiger partial charge in [-0.3, -0.25) is 19.2 Å². The first-order chi connectivity index (χ1) is 20.1. The van der Waals surface area contributed by atoms with E-state index in [4.69, 9.17) is 0 Å². The molecule has 10 heteroatoms. The van der Waals surface area contributed by atoms with Crippen LogP contribution < -0.4 is 16.0 Å². The number of carbonyl (C=O) groups excluding carboxylic acids is 4. The second kappa shape index (κ2) is 12.1. The highest BCUT2D eigenvalue weighted by Gasteiger charge is 2.48. The van der Waals surface area contributed by atoms with Crippen molar-refractivity contribution in [2.45, 2.75) is 39.8 Å². The Morgan fingerprint density at radius 3 is 2.50 bits per heavy atom. The Morgan fingerprint density at radius 2 is 1.76 bits per heavy atom. The van der Waals surface area contributed by atoms with Gasteiger partial charge in [0.05, 0.1) is 11.8 Å². The van der Waals surface area contributed by atoms with Crippen LogP contribution >= 0.6 is 0 Å². The van der Waals surface area contributed by atoms with Crippen molar-refractivity contribution in [3.8, 4) is 0 Å². The molecule has 2 aromatic carbocycles. The molecule has 0 aliphatic carbocycles. The zero-order valence-corrected chi connectivity index (χ0v) is 24.2. The number of rotatable bonds is 8. The molecule has 3 aromatic rings. The highest BCUT2D eigenvalue weighted by molar-refractivity contribution is 5.97. The van der Waals surface area contributed by atoms with E-state index in [0.29, 0.717) is 37.6 Å². The lowest BCUT2D eigenvalue weighted by Gasteiger charge is -2.48. The summed E-state index contributed by atoms with van der Waals surface area (Å²) in [6, 6.07) is 17.2. The normalized spacial score (nSPS) is 15.2. The van der Waals surface area contributed by atoms with E-state index in [0.717, 1.165) is 27.8 Å². The zero-order chi connectivity index (χ0) is 29.9. The van der Waals surface area contributed by atoms with Crippen LogP contribution in [0.5, 0.6) is 0 Å². The van der Waals surface area contributed by atoms with Crippen molar-refractivity contribution < 1.29 is 19.2 Å². The summed E-state index contributed by atoms with van der Waals surface area (Å²) in [6.07, 6.45) is 2.42. The minimum Gasteiger partial charge on any atom is -0.341 e. The molecule has 0 spiro atoms. The van der Waals surface area contributed by atoms with Crippen molar-refractivity contribution in [3.63, 3.8) is 0 Å². The lowest BCUT2D eigenvalue weighted by atomic mass is 9.80. The third-order valence-electron chi connectivity index (χ3n) is 7.88. The quantitative estimate of drug-likeness (QED) is 0.384. The standard InChI is InChI=1S/C32H36N6O4/c1-21(39)38-19-32(2,20-38)31(42)37(17-25-8-5-4-7-24(25)16-33-3)18-29(41)35-27-11-10-22-13-23-9-6-12-34-30(23)36-28(40)15-26(22)14-27/h4-12,14,33H,13,15-20H2,1-3H3,(H,35,41)(H,34,36,40). The molecule has 218 valence electrons. The van der Waals surface area contributed by atoms with E-state index in [1.807, 2.05) is 68.6 Å². The van der Waals surface area contributed by atoms with Crippen molar-refractivity contribution in [2.24, 2.45) is 5.41 Å². The van der Waals surface area contributed by atoms with Gasteiger partial charge in [0.1, 0.15) is 12.4 Å². The number of benzene rings is 2. The van der Waals surface area contributed by atoms with E-state index in [1.165, 1.54) is 6.92 Å². The Labute approximate surface area is 245 Å². The predicted octanol–water partition coefficient (Wildman–Crippen LogP) is 2.72. The molecular weight excluding hydrogens is 532 g/mol. The van der Waals surface area contributed by atoms with E-state index >= 15 is 0 Å². The number of anilines is 2. The van der Waals surface area contributed by atoms with E-state index in [9.17, 15) is 19.2 Å². The van der Waals surface area contributed by atoms with Gasteiger partial charge in [-0.15, -0.1) is 0 Å². The van der Waals surface area contributed by atoms with Gasteiger partial charge in [-0.25, -0.2) is 4.98 Å². The average molecular weight is 569 g/mol. The maximum absolute atomic E-state index is 13.8.